The van der Waals surface area contributed by atoms with E-state index in [0.29, 0.717) is 0 Å². The Bertz CT molecular complexity index is 371. The molecule has 0 bridgehead atoms. The van der Waals surface area contributed by atoms with Crippen molar-refractivity contribution >= 4 is 10.1 Å². The third-order valence-electron chi connectivity index (χ3n) is 1.55. The summed E-state index contributed by atoms with van der Waals surface area (Å²) in [4.78, 5) is 0. The summed E-state index contributed by atoms with van der Waals surface area (Å²) in [6, 6.07) is 0. The summed E-state index contributed by atoms with van der Waals surface area (Å²) in [6.45, 7) is 0. The molecule has 18 heavy (non-hydrogen) atoms. The molecule has 0 heterocycles. The van der Waals surface area contributed by atoms with Gasteiger partial charge in [-0.1, -0.05) is 0 Å². The minimum Gasteiger partial charge on any atom is -0.746 e. The van der Waals surface area contributed by atoms with Gasteiger partial charge in [-0.3, -0.25) is 0 Å². The Kier molecular flexibility index (Phi) is 7.84. The number of alkyl halides is 8. The zero-order chi connectivity index (χ0) is 14.2. The molecule has 0 aliphatic carbocycles. The first-order valence-corrected chi connectivity index (χ1v) is 5.00. The molecule has 2 atom stereocenters. The normalized spacial score (nSPS) is 17.2. The predicted octanol–water partition coefficient (Wildman–Crippen LogP) is -1.29. The van der Waals surface area contributed by atoms with Crippen LogP contribution in [0, 0.1) is 0 Å². The van der Waals surface area contributed by atoms with E-state index in [1.807, 2.05) is 0 Å². The zero-order valence-electron chi connectivity index (χ0n) is 8.39. The van der Waals surface area contributed by atoms with Crippen molar-refractivity contribution in [1.82, 2.24) is 0 Å². The third kappa shape index (κ3) is 4.24. The standard InChI is InChI=1S/C5H4F8O3S.K/c6-1(2(7)8)4(10,11)5(12,13)3(9)17(14,15)16;/h1-3H,(H,14,15,16);/q;+1/p-1. The van der Waals surface area contributed by atoms with Crippen LogP contribution < -0.4 is 51.4 Å². The number of halogens is 8. The molecule has 0 saturated carbocycles. The van der Waals surface area contributed by atoms with E-state index in [-0.39, 0.29) is 51.4 Å². The van der Waals surface area contributed by atoms with Crippen molar-refractivity contribution in [2.75, 3.05) is 0 Å². The maximum Gasteiger partial charge on any atom is 1.00 e. The van der Waals surface area contributed by atoms with Crippen LogP contribution in [0.3, 0.4) is 0 Å². The van der Waals surface area contributed by atoms with Crippen molar-refractivity contribution in [2.45, 2.75) is 29.9 Å². The fraction of sp³-hybridized carbons (Fsp3) is 1.00. The van der Waals surface area contributed by atoms with Crippen LogP contribution in [0.2, 0.25) is 0 Å². The number of rotatable bonds is 5. The van der Waals surface area contributed by atoms with E-state index in [0.717, 1.165) is 0 Å². The molecule has 0 rings (SSSR count). The van der Waals surface area contributed by atoms with Gasteiger partial charge in [0.05, 0.1) is 0 Å². The molecule has 13 heteroatoms. The van der Waals surface area contributed by atoms with E-state index in [1.54, 1.807) is 0 Å². The first kappa shape index (κ1) is 21.3. The molecule has 0 amide bonds. The molecule has 3 nitrogen and oxygen atoms in total. The van der Waals surface area contributed by atoms with Crippen molar-refractivity contribution < 1.29 is 99.5 Å². The molecule has 0 aromatic heterocycles. The maximum atomic E-state index is 12.4. The van der Waals surface area contributed by atoms with E-state index in [9.17, 15) is 48.1 Å². The molecule has 0 aromatic rings. The summed E-state index contributed by atoms with van der Waals surface area (Å²) in [5.41, 5.74) is -5.04. The quantitative estimate of drug-likeness (QED) is 0.357. The van der Waals surface area contributed by atoms with E-state index in [1.165, 1.54) is 0 Å². The number of hydrogen-bond acceptors (Lipinski definition) is 3. The van der Waals surface area contributed by atoms with Crippen LogP contribution in [0.25, 0.3) is 0 Å². The second kappa shape index (κ2) is 6.63. The molecular formula is C5H3F8KO3S. The summed E-state index contributed by atoms with van der Waals surface area (Å²) >= 11 is 0. The van der Waals surface area contributed by atoms with Crippen molar-refractivity contribution in [2.24, 2.45) is 0 Å². The topological polar surface area (TPSA) is 57.2 Å². The smallest absolute Gasteiger partial charge is 0.746 e. The van der Waals surface area contributed by atoms with Gasteiger partial charge < -0.3 is 4.55 Å². The van der Waals surface area contributed by atoms with Gasteiger partial charge >= 0.3 is 63.2 Å². The SMILES string of the molecule is O=S(=O)([O-])C(F)C(F)(F)C(F)(F)C(F)C(F)F.[K+]. The van der Waals surface area contributed by atoms with E-state index in [4.69, 9.17) is 0 Å². The molecule has 2 unspecified atom stereocenters. The summed E-state index contributed by atoms with van der Waals surface area (Å²) in [5.74, 6) is -12.8. The van der Waals surface area contributed by atoms with E-state index in [2.05, 4.69) is 0 Å². The van der Waals surface area contributed by atoms with Crippen molar-refractivity contribution in [1.29, 1.82) is 0 Å². The largest absolute Gasteiger partial charge is 1.00 e. The zero-order valence-corrected chi connectivity index (χ0v) is 12.3. The van der Waals surface area contributed by atoms with Gasteiger partial charge in [-0.15, -0.1) is 0 Å². The van der Waals surface area contributed by atoms with Gasteiger partial charge in [0.1, 0.15) is 10.1 Å². The van der Waals surface area contributed by atoms with Gasteiger partial charge in [-0.05, 0) is 0 Å². The Morgan fingerprint density at radius 1 is 0.889 bits per heavy atom. The summed E-state index contributed by atoms with van der Waals surface area (Å²) in [6.07, 6.45) is -9.44. The van der Waals surface area contributed by atoms with Crippen LogP contribution in [0.4, 0.5) is 35.1 Å². The third-order valence-corrected chi connectivity index (χ3v) is 2.35. The van der Waals surface area contributed by atoms with Gasteiger partial charge in [0.2, 0.25) is 6.17 Å². The van der Waals surface area contributed by atoms with Gasteiger partial charge in [0, 0.05) is 0 Å². The van der Waals surface area contributed by atoms with Crippen molar-refractivity contribution in [3.8, 4) is 0 Å². The van der Waals surface area contributed by atoms with Crippen LogP contribution in [0.5, 0.6) is 0 Å². The molecule has 0 aliphatic rings. The minimum absolute atomic E-state index is 0. The Labute approximate surface area is 138 Å². The summed E-state index contributed by atoms with van der Waals surface area (Å²) in [5, 5.41) is 0. The first-order valence-electron chi connectivity index (χ1n) is 3.53. The Morgan fingerprint density at radius 2 is 1.22 bits per heavy atom. The Hall–Kier alpha value is 0.986. The minimum atomic E-state index is -6.56. The van der Waals surface area contributed by atoms with Crippen molar-refractivity contribution in [3.05, 3.63) is 0 Å². The van der Waals surface area contributed by atoms with Crippen LogP contribution in [-0.4, -0.2) is 42.9 Å². The molecule has 0 spiro atoms. The van der Waals surface area contributed by atoms with Gasteiger partial charge in [-0.25, -0.2) is 26.0 Å². The first-order chi connectivity index (χ1) is 7.26. The molecular weight excluding hydrogens is 331 g/mol. The van der Waals surface area contributed by atoms with Crippen LogP contribution >= 0.6 is 0 Å². The van der Waals surface area contributed by atoms with Gasteiger partial charge in [-0.2, -0.15) is 17.6 Å². The van der Waals surface area contributed by atoms with E-state index >= 15 is 0 Å². The Balaban J connectivity index is 0. The van der Waals surface area contributed by atoms with Crippen LogP contribution in [0.1, 0.15) is 0 Å². The molecule has 0 N–H and O–H groups in total. The molecule has 0 saturated heterocycles. The van der Waals surface area contributed by atoms with Crippen LogP contribution in [-0.2, 0) is 10.1 Å². The molecule has 0 aliphatic heterocycles. The second-order valence-corrected chi connectivity index (χ2v) is 4.19. The summed E-state index contributed by atoms with van der Waals surface area (Å²) in [7, 11) is -6.56. The monoisotopic (exact) mass is 334 g/mol. The summed E-state index contributed by atoms with van der Waals surface area (Å²) < 4.78 is 126. The average Bonchev–Trinajstić information content (AvgIpc) is 2.13. The number of hydrogen-bond donors (Lipinski definition) is 0. The van der Waals surface area contributed by atoms with E-state index < -0.39 is 40.1 Å². The van der Waals surface area contributed by atoms with Crippen LogP contribution in [0.15, 0.2) is 0 Å². The molecule has 0 aromatic carbocycles. The van der Waals surface area contributed by atoms with Gasteiger partial charge in [0.15, 0.2) is 0 Å². The predicted molar refractivity (Wildman–Crippen MR) is 35.4 cm³/mol. The van der Waals surface area contributed by atoms with Gasteiger partial charge in [0.25, 0.3) is 11.9 Å². The second-order valence-electron chi connectivity index (χ2n) is 2.79. The average molecular weight is 334 g/mol. The molecule has 0 fully saturated rings. The van der Waals surface area contributed by atoms with Crippen molar-refractivity contribution in [3.63, 3.8) is 0 Å². The fourth-order valence-corrected chi connectivity index (χ4v) is 1.19. The Morgan fingerprint density at radius 3 is 1.44 bits per heavy atom. The molecule has 0 radical (unpaired) electrons. The maximum absolute atomic E-state index is 12.4. The fourth-order valence-electron chi connectivity index (χ4n) is 0.675. The molecule has 104 valence electrons.